The predicted octanol–water partition coefficient (Wildman–Crippen LogP) is 6.83. The van der Waals surface area contributed by atoms with Gasteiger partial charge in [0.2, 0.25) is 0 Å². The summed E-state index contributed by atoms with van der Waals surface area (Å²) in [6.45, 7) is 0. The van der Waals surface area contributed by atoms with E-state index in [-0.39, 0.29) is 25.1 Å². The highest BCUT2D eigenvalue weighted by Gasteiger charge is 2.23. The van der Waals surface area contributed by atoms with Crippen LogP contribution in [0.1, 0.15) is 0 Å². The zero-order valence-electron chi connectivity index (χ0n) is 10.9. The van der Waals surface area contributed by atoms with Gasteiger partial charge in [0.05, 0.1) is 25.1 Å². The first kappa shape index (κ1) is 17.0. The summed E-state index contributed by atoms with van der Waals surface area (Å²) < 4.78 is 13.6. The van der Waals surface area contributed by atoms with Crippen LogP contribution < -0.4 is 4.90 Å². The molecule has 0 radical (unpaired) electrons. The quantitative estimate of drug-likeness (QED) is 0.403. The lowest BCUT2D eigenvalue weighted by Gasteiger charge is -2.20. The van der Waals surface area contributed by atoms with Gasteiger partial charge in [-0.2, -0.15) is 0 Å². The van der Waals surface area contributed by atoms with Crippen LogP contribution in [0.25, 0.3) is 11.1 Å². The molecule has 0 saturated carbocycles. The average Bonchev–Trinajstić information content (AvgIpc) is 2.43. The first-order valence-corrected chi connectivity index (χ1v) is 7.63. The van der Waals surface area contributed by atoms with Crippen LogP contribution in [0.4, 0.5) is 10.1 Å². The summed E-state index contributed by atoms with van der Waals surface area (Å²) in [6, 6.07) is 4.29. The van der Waals surface area contributed by atoms with Crippen LogP contribution in [-0.4, -0.2) is 14.1 Å². The molecule has 0 atom stereocenters. The van der Waals surface area contributed by atoms with Crippen molar-refractivity contribution in [3.8, 4) is 11.1 Å². The van der Waals surface area contributed by atoms with E-state index >= 15 is 0 Å². The van der Waals surface area contributed by atoms with Crippen molar-refractivity contribution in [3.05, 3.63) is 49.1 Å². The SMILES string of the molecule is CN(C)c1ccc(F)cc1-c1c(Cl)c(Cl)c(Cl)c(Cl)c1Cl. The highest BCUT2D eigenvalue weighted by atomic mass is 35.5. The Hall–Kier alpha value is -0.380. The number of hydrogen-bond donors (Lipinski definition) is 0. The maximum absolute atomic E-state index is 13.6. The van der Waals surface area contributed by atoms with Crippen LogP contribution in [-0.2, 0) is 0 Å². The fourth-order valence-corrected chi connectivity index (χ4v) is 3.28. The second kappa shape index (κ2) is 6.39. The molecule has 112 valence electrons. The molecule has 0 unspecified atom stereocenters. The zero-order valence-corrected chi connectivity index (χ0v) is 14.7. The van der Waals surface area contributed by atoms with E-state index in [4.69, 9.17) is 58.0 Å². The van der Waals surface area contributed by atoms with Crippen molar-refractivity contribution < 1.29 is 4.39 Å². The molecule has 2 aromatic rings. The Labute approximate surface area is 147 Å². The highest BCUT2D eigenvalue weighted by molar-refractivity contribution is 6.56. The van der Waals surface area contributed by atoms with Crippen LogP contribution in [0, 0.1) is 5.82 Å². The summed E-state index contributed by atoms with van der Waals surface area (Å²) in [5.74, 6) is -0.426. The molecule has 0 aliphatic heterocycles. The zero-order chi connectivity index (χ0) is 15.9. The standard InChI is InChI=1S/C14H9Cl5FN/c1-21(2)8-4-3-6(20)5-7(8)9-10(15)12(17)14(19)13(18)11(9)16/h3-5H,1-2H3. The lowest BCUT2D eigenvalue weighted by molar-refractivity contribution is 0.628. The van der Waals surface area contributed by atoms with Crippen molar-refractivity contribution in [1.82, 2.24) is 0 Å². The average molecular weight is 387 g/mol. The maximum atomic E-state index is 13.6. The van der Waals surface area contributed by atoms with Gasteiger partial charge in [0.1, 0.15) is 5.82 Å². The second-order valence-electron chi connectivity index (χ2n) is 4.50. The van der Waals surface area contributed by atoms with Gasteiger partial charge >= 0.3 is 0 Å². The molecule has 2 aromatic carbocycles. The number of benzene rings is 2. The third-order valence-corrected chi connectivity index (χ3v) is 5.20. The number of hydrogen-bond acceptors (Lipinski definition) is 1. The fourth-order valence-electron chi connectivity index (χ4n) is 1.94. The molecule has 0 fully saturated rings. The van der Waals surface area contributed by atoms with Crippen LogP contribution in [0.3, 0.4) is 0 Å². The lowest BCUT2D eigenvalue weighted by Crippen LogP contribution is -2.10. The monoisotopic (exact) mass is 385 g/mol. The largest absolute Gasteiger partial charge is 0.377 e. The molecule has 0 N–H and O–H groups in total. The minimum Gasteiger partial charge on any atom is -0.377 e. The highest BCUT2D eigenvalue weighted by Crippen LogP contribution is 2.50. The number of halogens is 6. The molecule has 0 saturated heterocycles. The molecule has 0 spiro atoms. The van der Waals surface area contributed by atoms with E-state index in [9.17, 15) is 4.39 Å². The summed E-state index contributed by atoms with van der Waals surface area (Å²) in [5.41, 5.74) is 1.55. The van der Waals surface area contributed by atoms with Crippen LogP contribution in [0.5, 0.6) is 0 Å². The Morgan fingerprint density at radius 3 is 1.76 bits per heavy atom. The van der Waals surface area contributed by atoms with Crippen LogP contribution in [0.15, 0.2) is 18.2 Å². The molecule has 21 heavy (non-hydrogen) atoms. The van der Waals surface area contributed by atoms with Gasteiger partial charge in [0.15, 0.2) is 0 Å². The maximum Gasteiger partial charge on any atom is 0.123 e. The van der Waals surface area contributed by atoms with Gasteiger partial charge < -0.3 is 4.90 Å². The first-order chi connectivity index (χ1) is 9.75. The Kier molecular flexibility index (Phi) is 5.17. The molecule has 0 amide bonds. The molecular weight excluding hydrogens is 378 g/mol. The minimum absolute atomic E-state index is 0.0693. The normalized spacial score (nSPS) is 10.9. The summed E-state index contributed by atoms with van der Waals surface area (Å²) in [7, 11) is 3.63. The number of rotatable bonds is 2. The first-order valence-electron chi connectivity index (χ1n) is 5.74. The summed E-state index contributed by atoms with van der Waals surface area (Å²) in [6.07, 6.45) is 0. The number of nitrogens with zero attached hydrogens (tertiary/aromatic N) is 1. The minimum atomic E-state index is -0.426. The van der Waals surface area contributed by atoms with Crippen LogP contribution >= 0.6 is 58.0 Å². The Bertz CT molecular complexity index is 686. The van der Waals surface area contributed by atoms with Gasteiger partial charge in [-0.1, -0.05) is 58.0 Å². The van der Waals surface area contributed by atoms with Gasteiger partial charge in [-0.05, 0) is 18.2 Å². The molecule has 0 bridgehead atoms. The van der Waals surface area contributed by atoms with Crippen molar-refractivity contribution in [2.75, 3.05) is 19.0 Å². The lowest BCUT2D eigenvalue weighted by atomic mass is 10.0. The van der Waals surface area contributed by atoms with Gasteiger partial charge in [-0.15, -0.1) is 0 Å². The van der Waals surface area contributed by atoms with Crippen molar-refractivity contribution in [2.24, 2.45) is 0 Å². The molecule has 0 aromatic heterocycles. The predicted molar refractivity (Wildman–Crippen MR) is 91.2 cm³/mol. The summed E-state index contributed by atoms with van der Waals surface area (Å²) in [4.78, 5) is 1.80. The smallest absolute Gasteiger partial charge is 0.123 e. The molecule has 0 aliphatic carbocycles. The Balaban J connectivity index is 2.88. The Morgan fingerprint density at radius 2 is 1.29 bits per heavy atom. The third kappa shape index (κ3) is 3.06. The van der Waals surface area contributed by atoms with Crippen molar-refractivity contribution in [3.63, 3.8) is 0 Å². The van der Waals surface area contributed by atoms with E-state index in [0.29, 0.717) is 11.1 Å². The van der Waals surface area contributed by atoms with Crippen molar-refractivity contribution in [1.29, 1.82) is 0 Å². The van der Waals surface area contributed by atoms with E-state index < -0.39 is 5.82 Å². The molecule has 0 aliphatic rings. The molecule has 1 nitrogen and oxygen atoms in total. The van der Waals surface area contributed by atoms with Crippen LogP contribution in [0.2, 0.25) is 25.1 Å². The van der Waals surface area contributed by atoms with Crippen molar-refractivity contribution >= 4 is 63.7 Å². The second-order valence-corrected chi connectivity index (χ2v) is 6.39. The van der Waals surface area contributed by atoms with Gasteiger partial charge in [-0.25, -0.2) is 4.39 Å². The van der Waals surface area contributed by atoms with Gasteiger partial charge in [-0.3, -0.25) is 0 Å². The van der Waals surface area contributed by atoms with Crippen molar-refractivity contribution in [2.45, 2.75) is 0 Å². The molecule has 2 rings (SSSR count). The van der Waals surface area contributed by atoms with E-state index in [2.05, 4.69) is 0 Å². The molecule has 0 heterocycles. The van der Waals surface area contributed by atoms with E-state index in [1.54, 1.807) is 11.0 Å². The molecule has 7 heteroatoms. The molecular formula is C14H9Cl5FN. The summed E-state index contributed by atoms with van der Waals surface area (Å²) in [5, 5.41) is 0.489. The summed E-state index contributed by atoms with van der Waals surface area (Å²) >= 11 is 30.6. The van der Waals surface area contributed by atoms with Gasteiger partial charge in [0, 0.05) is 30.9 Å². The number of anilines is 1. The third-order valence-electron chi connectivity index (χ3n) is 2.92. The fraction of sp³-hybridized carbons (Fsp3) is 0.143. The topological polar surface area (TPSA) is 3.24 Å². The van der Waals surface area contributed by atoms with Gasteiger partial charge in [0.25, 0.3) is 0 Å². The van der Waals surface area contributed by atoms with E-state index in [1.807, 2.05) is 14.1 Å². The van der Waals surface area contributed by atoms with E-state index in [1.165, 1.54) is 12.1 Å². The van der Waals surface area contributed by atoms with E-state index in [0.717, 1.165) is 5.69 Å². The Morgan fingerprint density at radius 1 is 0.810 bits per heavy atom.